The second kappa shape index (κ2) is 14.4. The lowest BCUT2D eigenvalue weighted by atomic mass is 10.0. The molecule has 1 aliphatic rings. The summed E-state index contributed by atoms with van der Waals surface area (Å²) < 4.78 is 0.969. The van der Waals surface area contributed by atoms with E-state index in [4.69, 9.17) is 23.2 Å². The molecule has 0 heterocycles. The number of thioether (sulfide) groups is 1. The zero-order valence-electron chi connectivity index (χ0n) is 21.0. The molecular formula is C30H31BrCl2N2O2S. The first kappa shape index (κ1) is 29.0. The minimum absolute atomic E-state index is 0.0690. The molecule has 0 aliphatic heterocycles. The first-order valence-corrected chi connectivity index (χ1v) is 15.5. The van der Waals surface area contributed by atoms with Crippen LogP contribution in [0.4, 0.5) is 0 Å². The van der Waals surface area contributed by atoms with Crippen LogP contribution in [0.15, 0.2) is 77.3 Å². The van der Waals surface area contributed by atoms with Crippen molar-refractivity contribution in [2.75, 3.05) is 5.75 Å². The summed E-state index contributed by atoms with van der Waals surface area (Å²) in [7, 11) is 0. The third-order valence-corrected chi connectivity index (χ3v) is 8.97. The van der Waals surface area contributed by atoms with Gasteiger partial charge < -0.3 is 10.2 Å². The van der Waals surface area contributed by atoms with Gasteiger partial charge in [-0.25, -0.2) is 0 Å². The van der Waals surface area contributed by atoms with Crippen molar-refractivity contribution in [3.05, 3.63) is 104 Å². The molecule has 0 aromatic heterocycles. The summed E-state index contributed by atoms with van der Waals surface area (Å²) in [5.41, 5.74) is 3.00. The highest BCUT2D eigenvalue weighted by Gasteiger charge is 2.32. The summed E-state index contributed by atoms with van der Waals surface area (Å²) in [6, 6.07) is 22.9. The molecular weight excluding hydrogens is 603 g/mol. The van der Waals surface area contributed by atoms with E-state index in [9.17, 15) is 9.59 Å². The molecule has 1 atom stereocenters. The van der Waals surface area contributed by atoms with E-state index in [0.717, 1.165) is 46.8 Å². The van der Waals surface area contributed by atoms with Crippen LogP contribution >= 0.6 is 50.9 Å². The van der Waals surface area contributed by atoms with Gasteiger partial charge in [-0.2, -0.15) is 0 Å². The van der Waals surface area contributed by atoms with E-state index in [-0.39, 0.29) is 23.6 Å². The standard InChI is InChI=1S/C30H31BrCl2N2O2S/c31-24-13-10-22(11-14-24)18-35(29(36)20-38-19-23-12-15-26(32)27(33)16-23)28(17-21-6-2-1-3-7-21)30(37)34-25-8-4-5-9-25/h1-3,6-7,10-16,25,28H,4-5,8-9,17-20H2,(H,34,37). The fourth-order valence-corrected chi connectivity index (χ4v) is 6.12. The molecule has 1 N–H and O–H groups in total. The maximum absolute atomic E-state index is 13.8. The first-order chi connectivity index (χ1) is 18.4. The van der Waals surface area contributed by atoms with Crippen LogP contribution in [0.2, 0.25) is 10.0 Å². The quantitative estimate of drug-likeness (QED) is 0.236. The van der Waals surface area contributed by atoms with Crippen LogP contribution < -0.4 is 5.32 Å². The van der Waals surface area contributed by atoms with Crippen molar-refractivity contribution in [1.29, 1.82) is 0 Å². The third-order valence-electron chi connectivity index (χ3n) is 6.72. The molecule has 3 aromatic carbocycles. The predicted octanol–water partition coefficient (Wildman–Crippen LogP) is 7.69. The van der Waals surface area contributed by atoms with Crippen molar-refractivity contribution in [3.8, 4) is 0 Å². The monoisotopic (exact) mass is 632 g/mol. The van der Waals surface area contributed by atoms with Crippen LogP contribution in [-0.2, 0) is 28.3 Å². The van der Waals surface area contributed by atoms with E-state index >= 15 is 0 Å². The van der Waals surface area contributed by atoms with Crippen molar-refractivity contribution < 1.29 is 9.59 Å². The van der Waals surface area contributed by atoms with Gasteiger partial charge in [0, 0.05) is 29.2 Å². The minimum atomic E-state index is -0.611. The molecule has 4 nitrogen and oxygen atoms in total. The van der Waals surface area contributed by atoms with Crippen LogP contribution in [0.25, 0.3) is 0 Å². The van der Waals surface area contributed by atoms with Gasteiger partial charge in [0.1, 0.15) is 6.04 Å². The number of carbonyl (C=O) groups is 2. The Balaban J connectivity index is 1.55. The lowest BCUT2D eigenvalue weighted by Gasteiger charge is -2.32. The number of hydrogen-bond acceptors (Lipinski definition) is 3. The Morgan fingerprint density at radius 3 is 2.29 bits per heavy atom. The fourth-order valence-electron chi connectivity index (χ4n) is 4.68. The molecule has 200 valence electrons. The molecule has 0 spiro atoms. The van der Waals surface area contributed by atoms with Crippen molar-refractivity contribution in [2.24, 2.45) is 0 Å². The Morgan fingerprint density at radius 2 is 1.61 bits per heavy atom. The number of nitrogens with zero attached hydrogens (tertiary/aromatic N) is 1. The molecule has 0 saturated heterocycles. The lowest BCUT2D eigenvalue weighted by molar-refractivity contribution is -0.139. The summed E-state index contributed by atoms with van der Waals surface area (Å²) >= 11 is 17.2. The topological polar surface area (TPSA) is 49.4 Å². The number of rotatable bonds is 11. The molecule has 1 saturated carbocycles. The van der Waals surface area contributed by atoms with Gasteiger partial charge in [-0.1, -0.05) is 101 Å². The van der Waals surface area contributed by atoms with Gasteiger partial charge in [0.05, 0.1) is 15.8 Å². The Morgan fingerprint density at radius 1 is 0.921 bits per heavy atom. The summed E-state index contributed by atoms with van der Waals surface area (Å²) in [5.74, 6) is 0.715. The summed E-state index contributed by atoms with van der Waals surface area (Å²) in [4.78, 5) is 29.2. The number of nitrogens with one attached hydrogen (secondary N) is 1. The lowest BCUT2D eigenvalue weighted by Crippen LogP contribution is -2.52. The largest absolute Gasteiger partial charge is 0.352 e. The maximum Gasteiger partial charge on any atom is 0.243 e. The average molecular weight is 634 g/mol. The second-order valence-corrected chi connectivity index (χ2v) is 12.3. The summed E-state index contributed by atoms with van der Waals surface area (Å²) in [6.07, 6.45) is 4.69. The number of halogens is 3. The van der Waals surface area contributed by atoms with E-state index in [1.54, 1.807) is 11.0 Å². The van der Waals surface area contributed by atoms with Gasteiger partial charge in [-0.3, -0.25) is 9.59 Å². The molecule has 4 rings (SSSR count). The zero-order chi connectivity index (χ0) is 26.9. The first-order valence-electron chi connectivity index (χ1n) is 12.8. The Labute approximate surface area is 247 Å². The SMILES string of the molecule is O=C(NC1CCCC1)C(Cc1ccccc1)N(Cc1ccc(Br)cc1)C(=O)CSCc1ccc(Cl)c(Cl)c1. The number of amides is 2. The number of benzene rings is 3. The van der Waals surface area contributed by atoms with Gasteiger partial charge in [0.2, 0.25) is 11.8 Å². The Bertz CT molecular complexity index is 1220. The summed E-state index contributed by atoms with van der Waals surface area (Å²) in [5, 5.41) is 4.26. The molecule has 0 radical (unpaired) electrons. The Kier molecular flexibility index (Phi) is 11.0. The number of carbonyl (C=O) groups excluding carboxylic acids is 2. The van der Waals surface area contributed by atoms with Crippen LogP contribution in [-0.4, -0.2) is 34.6 Å². The normalized spacial score (nSPS) is 14.3. The van der Waals surface area contributed by atoms with Gasteiger partial charge in [0.15, 0.2) is 0 Å². The van der Waals surface area contributed by atoms with Crippen LogP contribution in [0.3, 0.4) is 0 Å². The van der Waals surface area contributed by atoms with Crippen LogP contribution in [0.1, 0.15) is 42.4 Å². The average Bonchev–Trinajstić information content (AvgIpc) is 3.43. The van der Waals surface area contributed by atoms with E-state index in [2.05, 4.69) is 21.2 Å². The zero-order valence-corrected chi connectivity index (χ0v) is 25.0. The smallest absolute Gasteiger partial charge is 0.243 e. The summed E-state index contributed by atoms with van der Waals surface area (Å²) in [6.45, 7) is 0.356. The van der Waals surface area contributed by atoms with E-state index < -0.39 is 6.04 Å². The highest BCUT2D eigenvalue weighted by atomic mass is 79.9. The number of hydrogen-bond donors (Lipinski definition) is 1. The highest BCUT2D eigenvalue weighted by molar-refractivity contribution is 9.10. The molecule has 1 fully saturated rings. The van der Waals surface area contributed by atoms with Crippen LogP contribution in [0, 0.1) is 0 Å². The van der Waals surface area contributed by atoms with E-state index in [1.165, 1.54) is 11.8 Å². The van der Waals surface area contributed by atoms with Crippen molar-refractivity contribution in [1.82, 2.24) is 10.2 Å². The third kappa shape index (κ3) is 8.51. The fraction of sp³-hybridized carbons (Fsp3) is 0.333. The highest BCUT2D eigenvalue weighted by Crippen LogP contribution is 2.26. The second-order valence-electron chi connectivity index (χ2n) is 9.58. The molecule has 0 bridgehead atoms. The molecule has 1 unspecified atom stereocenters. The Hall–Kier alpha value is -1.99. The van der Waals surface area contributed by atoms with Crippen molar-refractivity contribution in [2.45, 2.75) is 56.5 Å². The molecule has 3 aromatic rings. The van der Waals surface area contributed by atoms with Crippen LogP contribution in [0.5, 0.6) is 0 Å². The molecule has 38 heavy (non-hydrogen) atoms. The minimum Gasteiger partial charge on any atom is -0.352 e. The molecule has 1 aliphatic carbocycles. The van der Waals surface area contributed by atoms with Gasteiger partial charge in [0.25, 0.3) is 0 Å². The van der Waals surface area contributed by atoms with Crippen molar-refractivity contribution >= 4 is 62.7 Å². The van der Waals surface area contributed by atoms with E-state index in [1.807, 2.05) is 66.7 Å². The van der Waals surface area contributed by atoms with Gasteiger partial charge >= 0.3 is 0 Å². The predicted molar refractivity (Wildman–Crippen MR) is 162 cm³/mol. The van der Waals surface area contributed by atoms with Crippen molar-refractivity contribution in [3.63, 3.8) is 0 Å². The molecule has 8 heteroatoms. The molecule has 2 amide bonds. The van der Waals surface area contributed by atoms with Gasteiger partial charge in [-0.05, 0) is 53.8 Å². The maximum atomic E-state index is 13.8. The van der Waals surface area contributed by atoms with Gasteiger partial charge in [-0.15, -0.1) is 11.8 Å². The van der Waals surface area contributed by atoms with E-state index in [0.29, 0.717) is 28.8 Å².